The second-order valence-electron chi connectivity index (χ2n) is 6.29. The predicted octanol–water partition coefficient (Wildman–Crippen LogP) is 4.73. The van der Waals surface area contributed by atoms with Gasteiger partial charge in [0.25, 0.3) is 0 Å². The van der Waals surface area contributed by atoms with Crippen LogP contribution in [0.5, 0.6) is 0 Å². The summed E-state index contributed by atoms with van der Waals surface area (Å²) in [6.07, 6.45) is 13.6. The minimum absolute atomic E-state index is 0.991. The van der Waals surface area contributed by atoms with E-state index in [2.05, 4.69) is 26.0 Å². The van der Waals surface area contributed by atoms with Gasteiger partial charge in [-0.1, -0.05) is 23.3 Å². The van der Waals surface area contributed by atoms with Crippen LogP contribution in [0.1, 0.15) is 52.4 Å². The number of rotatable bonds is 0. The molecule has 0 amide bonds. The van der Waals surface area contributed by atoms with Crippen molar-refractivity contribution >= 4 is 0 Å². The van der Waals surface area contributed by atoms with Gasteiger partial charge in [0.05, 0.1) is 0 Å². The Kier molecular flexibility index (Phi) is 2.69. The van der Waals surface area contributed by atoms with E-state index in [-0.39, 0.29) is 0 Å². The van der Waals surface area contributed by atoms with Crippen LogP contribution in [-0.2, 0) is 0 Å². The Morgan fingerprint density at radius 1 is 0.750 bits per heavy atom. The van der Waals surface area contributed by atoms with Crippen LogP contribution < -0.4 is 0 Å². The number of hydrogen-bond acceptors (Lipinski definition) is 0. The molecule has 4 unspecified atom stereocenters. The van der Waals surface area contributed by atoms with Crippen molar-refractivity contribution in [1.82, 2.24) is 0 Å². The number of hydrogen-bond donors (Lipinski definition) is 0. The summed E-state index contributed by atoms with van der Waals surface area (Å²) in [5.41, 5.74) is 3.43. The van der Waals surface area contributed by atoms with E-state index in [4.69, 9.17) is 0 Å². The fourth-order valence-corrected chi connectivity index (χ4v) is 4.13. The minimum Gasteiger partial charge on any atom is -0.0851 e. The molecule has 16 heavy (non-hydrogen) atoms. The Labute approximate surface area is 99.8 Å². The molecule has 0 heterocycles. The molecule has 4 aliphatic rings. The molecule has 0 aromatic heterocycles. The van der Waals surface area contributed by atoms with Crippen LogP contribution in [-0.4, -0.2) is 0 Å². The standard InChI is InChI=1S/C9H14.C7H10/c1-6-7(2)9-4-3-8(6)5-9;1-2-7-4-3-6(1)5-7/h8-9H,3-5H2,1-2H3;1-2,6-7H,3-5H2. The summed E-state index contributed by atoms with van der Waals surface area (Å²) in [6, 6.07) is 0. The van der Waals surface area contributed by atoms with E-state index < -0.39 is 0 Å². The average Bonchev–Trinajstić information content (AvgIpc) is 3.04. The van der Waals surface area contributed by atoms with Crippen LogP contribution >= 0.6 is 0 Å². The van der Waals surface area contributed by atoms with E-state index in [0.717, 1.165) is 23.7 Å². The molecule has 4 bridgehead atoms. The van der Waals surface area contributed by atoms with Crippen molar-refractivity contribution in [3.63, 3.8) is 0 Å². The second-order valence-corrected chi connectivity index (χ2v) is 6.29. The topological polar surface area (TPSA) is 0 Å². The van der Waals surface area contributed by atoms with Gasteiger partial charge in [-0.3, -0.25) is 0 Å². The van der Waals surface area contributed by atoms with Gasteiger partial charge in [-0.25, -0.2) is 0 Å². The van der Waals surface area contributed by atoms with Crippen LogP contribution in [0, 0.1) is 23.7 Å². The lowest BCUT2D eigenvalue weighted by atomic mass is 9.94. The SMILES string of the molecule is C1=CC2CCC1C2.CC1=C(C)C2CCC1C2. The average molecular weight is 216 g/mol. The molecule has 4 rings (SSSR count). The lowest BCUT2D eigenvalue weighted by Gasteiger charge is -2.12. The Hall–Kier alpha value is -0.520. The van der Waals surface area contributed by atoms with Crippen molar-refractivity contribution in [2.45, 2.75) is 52.4 Å². The van der Waals surface area contributed by atoms with Gasteiger partial charge >= 0.3 is 0 Å². The molecule has 0 spiro atoms. The third-order valence-electron chi connectivity index (χ3n) is 5.45. The van der Waals surface area contributed by atoms with E-state index in [9.17, 15) is 0 Å². The first-order chi connectivity index (χ1) is 7.74. The Morgan fingerprint density at radius 2 is 1.25 bits per heavy atom. The molecule has 2 saturated carbocycles. The zero-order valence-electron chi connectivity index (χ0n) is 10.7. The van der Waals surface area contributed by atoms with E-state index in [1.807, 2.05) is 0 Å². The van der Waals surface area contributed by atoms with Gasteiger partial charge in [-0.15, -0.1) is 0 Å². The monoisotopic (exact) mass is 216 g/mol. The fraction of sp³-hybridized carbons (Fsp3) is 0.750. The largest absolute Gasteiger partial charge is 0.0851 e. The molecule has 0 aromatic carbocycles. The first kappa shape index (κ1) is 10.6. The second kappa shape index (κ2) is 4.05. The first-order valence-corrected chi connectivity index (χ1v) is 7.09. The molecule has 2 fully saturated rings. The summed E-state index contributed by atoms with van der Waals surface area (Å²) in [6.45, 7) is 4.64. The quantitative estimate of drug-likeness (QED) is 0.514. The highest BCUT2D eigenvalue weighted by Crippen LogP contribution is 2.47. The summed E-state index contributed by atoms with van der Waals surface area (Å²) in [5.74, 6) is 3.97. The van der Waals surface area contributed by atoms with Crippen LogP contribution in [0.3, 0.4) is 0 Å². The van der Waals surface area contributed by atoms with Crippen molar-refractivity contribution in [2.75, 3.05) is 0 Å². The molecule has 0 heteroatoms. The maximum Gasteiger partial charge on any atom is -0.0197 e. The van der Waals surface area contributed by atoms with Crippen molar-refractivity contribution in [2.24, 2.45) is 23.7 Å². The van der Waals surface area contributed by atoms with Gasteiger partial charge in [-0.05, 0) is 76.0 Å². The third kappa shape index (κ3) is 1.77. The van der Waals surface area contributed by atoms with Gasteiger partial charge in [0.1, 0.15) is 0 Å². The molecule has 0 N–H and O–H groups in total. The van der Waals surface area contributed by atoms with E-state index >= 15 is 0 Å². The van der Waals surface area contributed by atoms with Crippen molar-refractivity contribution in [1.29, 1.82) is 0 Å². The molecule has 0 saturated heterocycles. The lowest BCUT2D eigenvalue weighted by molar-refractivity contribution is 0.648. The van der Waals surface area contributed by atoms with Crippen molar-refractivity contribution in [3.05, 3.63) is 23.3 Å². The summed E-state index contributed by atoms with van der Waals surface area (Å²) in [7, 11) is 0. The van der Waals surface area contributed by atoms with Crippen LogP contribution in [0.2, 0.25) is 0 Å². The zero-order chi connectivity index (χ0) is 11.1. The first-order valence-electron chi connectivity index (χ1n) is 7.09. The highest BCUT2D eigenvalue weighted by molar-refractivity contribution is 5.25. The van der Waals surface area contributed by atoms with E-state index in [1.54, 1.807) is 11.1 Å². The van der Waals surface area contributed by atoms with Gasteiger partial charge in [-0.2, -0.15) is 0 Å². The van der Waals surface area contributed by atoms with Crippen LogP contribution in [0.4, 0.5) is 0 Å². The minimum atomic E-state index is 0.991. The lowest BCUT2D eigenvalue weighted by Crippen LogP contribution is -1.96. The van der Waals surface area contributed by atoms with Crippen LogP contribution in [0.15, 0.2) is 23.3 Å². The van der Waals surface area contributed by atoms with Gasteiger partial charge < -0.3 is 0 Å². The van der Waals surface area contributed by atoms with E-state index in [0.29, 0.717) is 0 Å². The van der Waals surface area contributed by atoms with Crippen LogP contribution in [0.25, 0.3) is 0 Å². The van der Waals surface area contributed by atoms with E-state index in [1.165, 1.54) is 38.5 Å². The molecular formula is C16H24. The summed E-state index contributed by atoms with van der Waals surface area (Å²) in [5, 5.41) is 0. The molecule has 0 aliphatic heterocycles. The number of allylic oxidation sites excluding steroid dienone is 4. The highest BCUT2D eigenvalue weighted by Gasteiger charge is 2.34. The normalized spacial score (nSPS) is 42.9. The number of fused-ring (bicyclic) bond motifs is 4. The molecule has 88 valence electrons. The molecular weight excluding hydrogens is 192 g/mol. The molecule has 0 nitrogen and oxygen atoms in total. The molecule has 0 radical (unpaired) electrons. The molecule has 4 atom stereocenters. The highest BCUT2D eigenvalue weighted by atomic mass is 14.4. The maximum atomic E-state index is 2.38. The van der Waals surface area contributed by atoms with Gasteiger partial charge in [0.15, 0.2) is 0 Å². The Bertz CT molecular complexity index is 304. The van der Waals surface area contributed by atoms with Crippen molar-refractivity contribution < 1.29 is 0 Å². The van der Waals surface area contributed by atoms with Gasteiger partial charge in [0.2, 0.25) is 0 Å². The molecule has 4 aliphatic carbocycles. The fourth-order valence-electron chi connectivity index (χ4n) is 4.13. The maximum absolute atomic E-state index is 2.38. The third-order valence-corrected chi connectivity index (χ3v) is 5.45. The van der Waals surface area contributed by atoms with Gasteiger partial charge in [0, 0.05) is 0 Å². The smallest absolute Gasteiger partial charge is 0.0197 e. The Morgan fingerprint density at radius 3 is 1.44 bits per heavy atom. The predicted molar refractivity (Wildman–Crippen MR) is 69.2 cm³/mol. The zero-order valence-corrected chi connectivity index (χ0v) is 10.7. The summed E-state index contributed by atoms with van der Waals surface area (Å²) < 4.78 is 0. The van der Waals surface area contributed by atoms with Crippen molar-refractivity contribution in [3.8, 4) is 0 Å². The summed E-state index contributed by atoms with van der Waals surface area (Å²) in [4.78, 5) is 0. The summed E-state index contributed by atoms with van der Waals surface area (Å²) >= 11 is 0. The molecule has 0 aromatic rings. The Balaban J connectivity index is 0.000000104.